The molecule has 0 spiro atoms. The van der Waals surface area contributed by atoms with Crippen molar-refractivity contribution in [1.29, 1.82) is 0 Å². The third-order valence-electron chi connectivity index (χ3n) is 6.63. The molecule has 2 aromatic carbocycles. The number of nitrogens with zero attached hydrogens (tertiary/aromatic N) is 1. The molecule has 1 saturated heterocycles. The Bertz CT molecular complexity index is 1290. The number of carbonyl (C=O) groups excluding carboxylic acids is 1. The van der Waals surface area contributed by atoms with Crippen molar-refractivity contribution in [3.8, 4) is 28.3 Å². The third-order valence-corrected chi connectivity index (χ3v) is 7.43. The van der Waals surface area contributed by atoms with Gasteiger partial charge in [-0.05, 0) is 68.1 Å². The fraction of sp³-hybridized carbons (Fsp3) is 0.357. The number of halogens is 3. The Labute approximate surface area is 226 Å². The molecule has 1 N–H and O–H groups in total. The first-order chi connectivity index (χ1) is 17.2. The van der Waals surface area contributed by atoms with Gasteiger partial charge in [0.25, 0.3) is 0 Å². The molecule has 0 saturated carbocycles. The zero-order valence-corrected chi connectivity index (χ0v) is 22.4. The summed E-state index contributed by atoms with van der Waals surface area (Å²) in [4.78, 5) is 17.9. The van der Waals surface area contributed by atoms with Gasteiger partial charge in [-0.3, -0.25) is 4.79 Å². The van der Waals surface area contributed by atoms with Crippen molar-refractivity contribution in [1.82, 2.24) is 10.3 Å². The molecule has 36 heavy (non-hydrogen) atoms. The third kappa shape index (κ3) is 5.50. The van der Waals surface area contributed by atoms with Gasteiger partial charge in [0.05, 0.1) is 16.8 Å². The van der Waals surface area contributed by atoms with E-state index in [-0.39, 0.29) is 17.9 Å². The largest absolute Gasteiger partial charge is 0.471 e. The van der Waals surface area contributed by atoms with Crippen molar-refractivity contribution in [2.45, 2.75) is 44.8 Å². The summed E-state index contributed by atoms with van der Waals surface area (Å²) in [7, 11) is 0. The predicted octanol–water partition coefficient (Wildman–Crippen LogP) is 7.52. The van der Waals surface area contributed by atoms with Crippen LogP contribution in [0.1, 0.15) is 44.7 Å². The number of hydrogen-bond acceptors (Lipinski definition) is 4. The van der Waals surface area contributed by atoms with Crippen LogP contribution in [0.15, 0.2) is 48.5 Å². The lowest BCUT2D eigenvalue weighted by molar-refractivity contribution is -0.123. The number of rotatable bonds is 5. The molecule has 2 atom stereocenters. The average Bonchev–Trinajstić information content (AvgIpc) is 3.31. The number of amides is 1. The molecule has 5 nitrogen and oxygen atoms in total. The Morgan fingerprint density at radius 3 is 2.50 bits per heavy atom. The quantitative estimate of drug-likeness (QED) is 0.360. The maximum Gasteiger partial charge on any atom is 0.220 e. The Hall–Kier alpha value is -2.31. The maximum absolute atomic E-state index is 13.0. The molecule has 2 aliphatic rings. The van der Waals surface area contributed by atoms with Crippen molar-refractivity contribution >= 4 is 40.7 Å². The van der Waals surface area contributed by atoms with Gasteiger partial charge in [-0.2, -0.15) is 0 Å². The molecule has 2 aliphatic heterocycles. The summed E-state index contributed by atoms with van der Waals surface area (Å²) in [6.45, 7) is 5.36. The zero-order valence-electron chi connectivity index (χ0n) is 20.1. The Kier molecular flexibility index (Phi) is 7.19. The van der Waals surface area contributed by atoms with Crippen LogP contribution < -0.4 is 10.1 Å². The van der Waals surface area contributed by atoms with Gasteiger partial charge in [0, 0.05) is 52.8 Å². The minimum atomic E-state index is -0.517. The van der Waals surface area contributed by atoms with Crippen LogP contribution in [-0.2, 0) is 9.53 Å². The van der Waals surface area contributed by atoms with Crippen molar-refractivity contribution < 1.29 is 14.3 Å². The Morgan fingerprint density at radius 1 is 1.06 bits per heavy atom. The smallest absolute Gasteiger partial charge is 0.220 e. The minimum Gasteiger partial charge on any atom is -0.471 e. The van der Waals surface area contributed by atoms with Crippen LogP contribution in [0.3, 0.4) is 0 Å². The number of carbonyl (C=O) groups is 1. The van der Waals surface area contributed by atoms with Crippen molar-refractivity contribution in [3.63, 3.8) is 0 Å². The highest BCUT2D eigenvalue weighted by Crippen LogP contribution is 2.45. The SMILES string of the molecule is CC1(C)C[C@@H](NC(=O)CC2CCOC2)c2cc(-c3ccc(Cl)cc3)c(-c3ccc(Cl)cc3Cl)nc2O1. The second-order valence-electron chi connectivity index (χ2n) is 10.0. The van der Waals surface area contributed by atoms with Crippen LogP contribution in [0, 0.1) is 5.92 Å². The maximum atomic E-state index is 13.0. The van der Waals surface area contributed by atoms with E-state index in [1.807, 2.05) is 50.2 Å². The zero-order chi connectivity index (χ0) is 25.4. The monoisotopic (exact) mass is 544 g/mol. The number of aromatic nitrogens is 1. The number of ether oxygens (including phenoxy) is 2. The molecule has 3 aromatic rings. The van der Waals surface area contributed by atoms with Gasteiger partial charge in [-0.15, -0.1) is 0 Å². The lowest BCUT2D eigenvalue weighted by Gasteiger charge is -2.37. The van der Waals surface area contributed by atoms with Gasteiger partial charge < -0.3 is 14.8 Å². The molecule has 0 radical (unpaired) electrons. The van der Waals surface area contributed by atoms with Crippen LogP contribution in [0.2, 0.25) is 15.1 Å². The van der Waals surface area contributed by atoms with Gasteiger partial charge >= 0.3 is 0 Å². The molecular weight excluding hydrogens is 519 g/mol. The summed E-state index contributed by atoms with van der Waals surface area (Å²) in [6, 6.07) is 14.7. The van der Waals surface area contributed by atoms with E-state index < -0.39 is 5.60 Å². The first kappa shape index (κ1) is 25.3. The van der Waals surface area contributed by atoms with Crippen LogP contribution in [0.5, 0.6) is 5.88 Å². The Balaban J connectivity index is 1.60. The van der Waals surface area contributed by atoms with Crippen molar-refractivity contribution in [3.05, 3.63) is 69.2 Å². The van der Waals surface area contributed by atoms with E-state index in [4.69, 9.17) is 49.3 Å². The highest BCUT2D eigenvalue weighted by Gasteiger charge is 2.37. The van der Waals surface area contributed by atoms with E-state index in [2.05, 4.69) is 5.32 Å². The number of hydrogen-bond donors (Lipinski definition) is 1. The highest BCUT2D eigenvalue weighted by molar-refractivity contribution is 6.36. The van der Waals surface area contributed by atoms with Gasteiger partial charge in [-0.1, -0.05) is 46.9 Å². The molecule has 1 fully saturated rings. The second-order valence-corrected chi connectivity index (χ2v) is 11.3. The van der Waals surface area contributed by atoms with Crippen molar-refractivity contribution in [2.75, 3.05) is 13.2 Å². The molecule has 0 bridgehead atoms. The highest BCUT2D eigenvalue weighted by atomic mass is 35.5. The van der Waals surface area contributed by atoms with Gasteiger partial charge in [0.1, 0.15) is 5.60 Å². The fourth-order valence-corrected chi connectivity index (χ4v) is 5.50. The summed E-state index contributed by atoms with van der Waals surface area (Å²) in [5.74, 6) is 0.756. The average molecular weight is 546 g/mol. The number of nitrogens with one attached hydrogen (secondary N) is 1. The van der Waals surface area contributed by atoms with Gasteiger partial charge in [0.15, 0.2) is 0 Å². The summed E-state index contributed by atoms with van der Waals surface area (Å²) in [6.07, 6.45) is 1.98. The topological polar surface area (TPSA) is 60.5 Å². The first-order valence-electron chi connectivity index (χ1n) is 12.0. The van der Waals surface area contributed by atoms with Crippen LogP contribution in [0.4, 0.5) is 0 Å². The van der Waals surface area contributed by atoms with E-state index >= 15 is 0 Å². The lowest BCUT2D eigenvalue weighted by Crippen LogP contribution is -2.42. The van der Waals surface area contributed by atoms with E-state index in [0.29, 0.717) is 46.1 Å². The summed E-state index contributed by atoms with van der Waals surface area (Å²) in [5.41, 5.74) is 3.52. The Morgan fingerprint density at radius 2 is 1.81 bits per heavy atom. The lowest BCUT2D eigenvalue weighted by atomic mass is 9.88. The van der Waals surface area contributed by atoms with E-state index in [0.717, 1.165) is 35.3 Å². The molecule has 1 amide bonds. The van der Waals surface area contributed by atoms with E-state index in [1.165, 1.54) is 0 Å². The van der Waals surface area contributed by atoms with Gasteiger partial charge in [-0.25, -0.2) is 4.98 Å². The van der Waals surface area contributed by atoms with Crippen LogP contribution in [-0.4, -0.2) is 29.7 Å². The summed E-state index contributed by atoms with van der Waals surface area (Å²) < 4.78 is 11.8. The fourth-order valence-electron chi connectivity index (χ4n) is 4.87. The number of benzene rings is 2. The normalized spacial score (nSPS) is 20.5. The first-order valence-corrected chi connectivity index (χ1v) is 13.1. The molecule has 188 valence electrons. The molecular formula is C28H27Cl3N2O3. The van der Waals surface area contributed by atoms with E-state index in [9.17, 15) is 4.79 Å². The molecule has 1 unspecified atom stereocenters. The van der Waals surface area contributed by atoms with E-state index in [1.54, 1.807) is 12.1 Å². The van der Waals surface area contributed by atoms with Gasteiger partial charge in [0.2, 0.25) is 11.8 Å². The number of fused-ring (bicyclic) bond motifs is 1. The second kappa shape index (κ2) is 10.2. The predicted molar refractivity (Wildman–Crippen MR) is 144 cm³/mol. The molecule has 8 heteroatoms. The minimum absolute atomic E-state index is 0.0111. The molecule has 0 aliphatic carbocycles. The van der Waals surface area contributed by atoms with Crippen LogP contribution in [0.25, 0.3) is 22.4 Å². The van der Waals surface area contributed by atoms with Crippen molar-refractivity contribution in [2.24, 2.45) is 5.92 Å². The molecule has 3 heterocycles. The molecule has 5 rings (SSSR count). The summed E-state index contributed by atoms with van der Waals surface area (Å²) in [5, 5.41) is 4.92. The van der Waals surface area contributed by atoms with Crippen LogP contribution >= 0.6 is 34.8 Å². The number of pyridine rings is 1. The summed E-state index contributed by atoms with van der Waals surface area (Å²) >= 11 is 18.9. The molecule has 1 aromatic heterocycles. The standard InChI is InChI=1S/C28H27Cl3N2O3/c1-28(2)14-24(32-25(34)11-16-9-10-35-15-16)22-13-21(17-3-5-18(29)6-4-17)26(33-27(22)36-28)20-8-7-19(30)12-23(20)31/h3-8,12-13,16,24H,9-11,14-15H2,1-2H3,(H,32,34)/t16?,24-/m1/s1.